The Balaban J connectivity index is 1.93. The summed E-state index contributed by atoms with van der Waals surface area (Å²) < 4.78 is 1.83. The highest BCUT2D eigenvalue weighted by Gasteiger charge is 2.10. The van der Waals surface area contributed by atoms with E-state index in [0.717, 1.165) is 22.6 Å². The second kappa shape index (κ2) is 6.64. The van der Waals surface area contributed by atoms with Crippen molar-refractivity contribution in [1.29, 1.82) is 0 Å². The van der Waals surface area contributed by atoms with Crippen molar-refractivity contribution in [2.24, 2.45) is 7.05 Å². The molecule has 118 valence electrons. The zero-order chi connectivity index (χ0) is 16.3. The third kappa shape index (κ3) is 3.67. The van der Waals surface area contributed by atoms with Crippen molar-refractivity contribution in [3.05, 3.63) is 46.8 Å². The number of nitrogens with zero attached hydrogens (tertiary/aromatic N) is 2. The molecule has 22 heavy (non-hydrogen) atoms. The van der Waals surface area contributed by atoms with Crippen molar-refractivity contribution in [3.63, 3.8) is 0 Å². The summed E-state index contributed by atoms with van der Waals surface area (Å²) in [6.45, 7) is 8.72. The van der Waals surface area contributed by atoms with E-state index in [-0.39, 0.29) is 6.03 Å². The smallest absolute Gasteiger partial charge is 0.319 e. The number of carbonyl (C=O) groups excluding carboxylic acids is 1. The first kappa shape index (κ1) is 16.1. The Labute approximate surface area is 131 Å². The molecule has 0 spiro atoms. The number of aryl methyl sites for hydroxylation is 2. The van der Waals surface area contributed by atoms with Gasteiger partial charge < -0.3 is 10.6 Å². The molecule has 0 aliphatic carbocycles. The monoisotopic (exact) mass is 300 g/mol. The molecule has 0 radical (unpaired) electrons. The summed E-state index contributed by atoms with van der Waals surface area (Å²) >= 11 is 0. The zero-order valence-electron chi connectivity index (χ0n) is 13.9. The van der Waals surface area contributed by atoms with Crippen LogP contribution < -0.4 is 10.6 Å². The SMILES string of the molecule is Cc1nn(C)c(C)c1CNC(=O)Nc1ccc(C(C)C)cc1. The molecule has 0 saturated heterocycles. The van der Waals surface area contributed by atoms with Crippen LogP contribution in [0.1, 0.15) is 42.3 Å². The van der Waals surface area contributed by atoms with E-state index in [1.54, 1.807) is 0 Å². The first-order valence-corrected chi connectivity index (χ1v) is 7.52. The number of nitrogens with one attached hydrogen (secondary N) is 2. The van der Waals surface area contributed by atoms with Gasteiger partial charge in [-0.25, -0.2) is 4.79 Å². The van der Waals surface area contributed by atoms with Gasteiger partial charge in [0.25, 0.3) is 0 Å². The van der Waals surface area contributed by atoms with Crippen LogP contribution in [0.15, 0.2) is 24.3 Å². The Hall–Kier alpha value is -2.30. The quantitative estimate of drug-likeness (QED) is 0.908. The van der Waals surface area contributed by atoms with Gasteiger partial charge >= 0.3 is 6.03 Å². The van der Waals surface area contributed by atoms with Gasteiger partial charge in [0.1, 0.15) is 0 Å². The summed E-state index contributed by atoms with van der Waals surface area (Å²) in [5.41, 5.74) is 5.13. The molecule has 1 heterocycles. The number of amides is 2. The van der Waals surface area contributed by atoms with Gasteiger partial charge in [-0.3, -0.25) is 4.68 Å². The number of hydrogen-bond donors (Lipinski definition) is 2. The van der Waals surface area contributed by atoms with E-state index in [0.29, 0.717) is 12.5 Å². The van der Waals surface area contributed by atoms with Crippen LogP contribution in [0.25, 0.3) is 0 Å². The molecule has 2 amide bonds. The molecule has 0 saturated carbocycles. The van der Waals surface area contributed by atoms with Crippen molar-refractivity contribution in [2.45, 2.75) is 40.2 Å². The molecule has 5 heteroatoms. The molecule has 0 bridgehead atoms. The predicted molar refractivity (Wildman–Crippen MR) is 89.1 cm³/mol. The molecule has 1 aromatic carbocycles. The van der Waals surface area contributed by atoms with Crippen LogP contribution in [-0.4, -0.2) is 15.8 Å². The number of benzene rings is 1. The van der Waals surface area contributed by atoms with Gasteiger partial charge in [-0.15, -0.1) is 0 Å². The summed E-state index contributed by atoms with van der Waals surface area (Å²) in [7, 11) is 1.90. The number of aromatic nitrogens is 2. The fourth-order valence-electron chi connectivity index (χ4n) is 2.37. The molecule has 0 aliphatic rings. The lowest BCUT2D eigenvalue weighted by Gasteiger charge is -2.10. The average Bonchev–Trinajstić information content (AvgIpc) is 2.70. The Morgan fingerprint density at radius 3 is 2.36 bits per heavy atom. The molecule has 0 fully saturated rings. The minimum absolute atomic E-state index is 0.208. The fourth-order valence-corrected chi connectivity index (χ4v) is 2.37. The largest absolute Gasteiger partial charge is 0.334 e. The highest BCUT2D eigenvalue weighted by atomic mass is 16.2. The average molecular weight is 300 g/mol. The van der Waals surface area contributed by atoms with Gasteiger partial charge in [0.2, 0.25) is 0 Å². The van der Waals surface area contributed by atoms with Crippen LogP contribution in [0, 0.1) is 13.8 Å². The summed E-state index contributed by atoms with van der Waals surface area (Å²) in [6, 6.07) is 7.72. The van der Waals surface area contributed by atoms with Crippen molar-refractivity contribution >= 4 is 11.7 Å². The summed E-state index contributed by atoms with van der Waals surface area (Å²) in [4.78, 5) is 12.0. The van der Waals surface area contributed by atoms with Gasteiger partial charge in [-0.1, -0.05) is 26.0 Å². The first-order valence-electron chi connectivity index (χ1n) is 7.52. The summed E-state index contributed by atoms with van der Waals surface area (Å²) in [5.74, 6) is 0.486. The molecular weight excluding hydrogens is 276 g/mol. The number of rotatable bonds is 4. The molecule has 0 atom stereocenters. The lowest BCUT2D eigenvalue weighted by atomic mass is 10.0. The maximum absolute atomic E-state index is 12.0. The molecule has 0 unspecified atom stereocenters. The summed E-state index contributed by atoms with van der Waals surface area (Å²) in [6.07, 6.45) is 0. The van der Waals surface area contributed by atoms with Crippen LogP contribution in [0.2, 0.25) is 0 Å². The maximum Gasteiger partial charge on any atom is 0.319 e. The van der Waals surface area contributed by atoms with Crippen molar-refractivity contribution in [1.82, 2.24) is 15.1 Å². The van der Waals surface area contributed by atoms with Crippen LogP contribution in [0.3, 0.4) is 0 Å². The summed E-state index contributed by atoms with van der Waals surface area (Å²) in [5, 5.41) is 10.1. The van der Waals surface area contributed by atoms with E-state index in [4.69, 9.17) is 0 Å². The van der Waals surface area contributed by atoms with Gasteiger partial charge in [0.05, 0.1) is 5.69 Å². The lowest BCUT2D eigenvalue weighted by Crippen LogP contribution is -2.28. The van der Waals surface area contributed by atoms with Crippen LogP contribution in [0.5, 0.6) is 0 Å². The van der Waals surface area contributed by atoms with E-state index in [9.17, 15) is 4.79 Å². The standard InChI is InChI=1S/C17H24N4O/c1-11(2)14-6-8-15(9-7-14)19-17(22)18-10-16-12(3)20-21(5)13(16)4/h6-9,11H,10H2,1-5H3,(H2,18,19,22). The molecule has 2 N–H and O–H groups in total. The minimum atomic E-state index is -0.208. The first-order chi connectivity index (χ1) is 10.4. The third-order valence-electron chi connectivity index (χ3n) is 3.92. The van der Waals surface area contributed by atoms with E-state index in [2.05, 4.69) is 29.6 Å². The van der Waals surface area contributed by atoms with Crippen molar-refractivity contribution in [3.8, 4) is 0 Å². The molecule has 5 nitrogen and oxygen atoms in total. The number of anilines is 1. The van der Waals surface area contributed by atoms with Crippen LogP contribution >= 0.6 is 0 Å². The minimum Gasteiger partial charge on any atom is -0.334 e. The van der Waals surface area contributed by atoms with Crippen molar-refractivity contribution in [2.75, 3.05) is 5.32 Å². The van der Waals surface area contributed by atoms with E-state index < -0.39 is 0 Å². The Kier molecular flexibility index (Phi) is 4.85. The lowest BCUT2D eigenvalue weighted by molar-refractivity contribution is 0.251. The Bertz CT molecular complexity index is 656. The number of carbonyl (C=O) groups is 1. The van der Waals surface area contributed by atoms with Crippen LogP contribution in [0.4, 0.5) is 10.5 Å². The second-order valence-electron chi connectivity index (χ2n) is 5.86. The van der Waals surface area contributed by atoms with Gasteiger partial charge in [-0.2, -0.15) is 5.10 Å². The maximum atomic E-state index is 12.0. The van der Waals surface area contributed by atoms with Gasteiger partial charge in [-0.05, 0) is 37.5 Å². The second-order valence-corrected chi connectivity index (χ2v) is 5.86. The van der Waals surface area contributed by atoms with Crippen LogP contribution in [-0.2, 0) is 13.6 Å². The molecule has 0 aliphatic heterocycles. The highest BCUT2D eigenvalue weighted by molar-refractivity contribution is 5.89. The molecule has 2 rings (SSSR count). The fraction of sp³-hybridized carbons (Fsp3) is 0.412. The Morgan fingerprint density at radius 1 is 1.23 bits per heavy atom. The molecule has 1 aromatic heterocycles. The topological polar surface area (TPSA) is 59.0 Å². The molecule has 2 aromatic rings. The number of urea groups is 1. The Morgan fingerprint density at radius 2 is 1.86 bits per heavy atom. The third-order valence-corrected chi connectivity index (χ3v) is 3.92. The number of hydrogen-bond acceptors (Lipinski definition) is 2. The zero-order valence-corrected chi connectivity index (χ0v) is 13.9. The van der Waals surface area contributed by atoms with Gasteiger partial charge in [0.15, 0.2) is 0 Å². The normalized spacial score (nSPS) is 10.8. The van der Waals surface area contributed by atoms with Crippen molar-refractivity contribution < 1.29 is 4.79 Å². The van der Waals surface area contributed by atoms with Gasteiger partial charge in [0, 0.05) is 30.5 Å². The predicted octanol–water partition coefficient (Wildman–Crippen LogP) is 3.48. The molecular formula is C17H24N4O. The van der Waals surface area contributed by atoms with E-state index >= 15 is 0 Å². The van der Waals surface area contributed by atoms with E-state index in [1.807, 2.05) is 49.8 Å². The highest BCUT2D eigenvalue weighted by Crippen LogP contribution is 2.17. The van der Waals surface area contributed by atoms with E-state index in [1.165, 1.54) is 5.56 Å².